The molecule has 1 aliphatic heterocycles. The van der Waals surface area contributed by atoms with Gasteiger partial charge in [0.2, 0.25) is 0 Å². The maximum atomic E-state index is 7.43. The Kier molecular flexibility index (Phi) is 4.31. The summed E-state index contributed by atoms with van der Waals surface area (Å²) in [6.07, 6.45) is 6.91. The summed E-state index contributed by atoms with van der Waals surface area (Å²) in [7, 11) is 0. The van der Waals surface area contributed by atoms with E-state index in [0.29, 0.717) is 11.7 Å². The number of piperidine rings is 1. The summed E-state index contributed by atoms with van der Waals surface area (Å²) >= 11 is 0. The van der Waals surface area contributed by atoms with Crippen molar-refractivity contribution in [1.29, 1.82) is 5.41 Å². The molecule has 98 valence electrons. The molecule has 3 N–H and O–H groups in total. The van der Waals surface area contributed by atoms with Crippen LogP contribution in [-0.2, 0) is 6.54 Å². The fraction of sp³-hybridized carbons (Fsp3) is 0.571. The van der Waals surface area contributed by atoms with Crippen LogP contribution in [0.4, 0.5) is 0 Å². The number of likely N-dealkylation sites (tertiary alicyclic amines) is 1. The maximum absolute atomic E-state index is 7.43. The predicted octanol–water partition coefficient (Wildman–Crippen LogP) is 2.13. The average molecular weight is 246 g/mol. The van der Waals surface area contributed by atoms with Gasteiger partial charge in [-0.15, -0.1) is 0 Å². The molecule has 1 aliphatic rings. The van der Waals surface area contributed by atoms with Gasteiger partial charge in [-0.2, -0.15) is 0 Å². The maximum Gasteiger partial charge on any atom is 0.141 e. The number of nitrogen functional groups attached to an aromatic ring is 1. The number of rotatable bonds is 4. The summed E-state index contributed by atoms with van der Waals surface area (Å²) in [5, 5.41) is 7.43. The third-order valence-corrected chi connectivity index (χ3v) is 3.71. The second kappa shape index (κ2) is 5.96. The van der Waals surface area contributed by atoms with Crippen LogP contribution in [0.3, 0.4) is 0 Å². The predicted molar refractivity (Wildman–Crippen MR) is 73.6 cm³/mol. The van der Waals surface area contributed by atoms with Gasteiger partial charge in [0.1, 0.15) is 11.5 Å². The third-order valence-electron chi connectivity index (χ3n) is 3.71. The average Bonchev–Trinajstić information content (AvgIpc) is 2.39. The van der Waals surface area contributed by atoms with Crippen molar-refractivity contribution in [3.63, 3.8) is 0 Å². The summed E-state index contributed by atoms with van der Waals surface area (Å²) in [5.74, 6) is 0.0440. The van der Waals surface area contributed by atoms with Crippen LogP contribution in [-0.4, -0.2) is 28.3 Å². The first-order chi connectivity index (χ1) is 8.70. The molecule has 2 heterocycles. The monoisotopic (exact) mass is 246 g/mol. The highest BCUT2D eigenvalue weighted by molar-refractivity contribution is 5.93. The molecule has 0 bridgehead atoms. The van der Waals surface area contributed by atoms with E-state index in [4.69, 9.17) is 11.1 Å². The molecule has 1 aromatic rings. The lowest BCUT2D eigenvalue weighted by molar-refractivity contribution is 0.136. The van der Waals surface area contributed by atoms with Gasteiger partial charge in [0, 0.05) is 18.8 Å². The molecule has 1 atom stereocenters. The molecule has 18 heavy (non-hydrogen) atoms. The molecule has 2 rings (SSSR count). The van der Waals surface area contributed by atoms with Crippen molar-refractivity contribution < 1.29 is 0 Å². The summed E-state index contributed by atoms with van der Waals surface area (Å²) in [5.41, 5.74) is 7.26. The Hall–Kier alpha value is -1.42. The molecule has 0 amide bonds. The summed E-state index contributed by atoms with van der Waals surface area (Å²) in [6.45, 7) is 4.38. The van der Waals surface area contributed by atoms with Crippen molar-refractivity contribution in [2.45, 2.75) is 45.2 Å². The van der Waals surface area contributed by atoms with E-state index in [1.807, 2.05) is 12.1 Å². The van der Waals surface area contributed by atoms with Crippen LogP contribution < -0.4 is 5.73 Å². The van der Waals surface area contributed by atoms with Gasteiger partial charge >= 0.3 is 0 Å². The lowest BCUT2D eigenvalue weighted by Crippen LogP contribution is -2.38. The molecule has 0 aliphatic carbocycles. The largest absolute Gasteiger partial charge is 0.382 e. The SMILES string of the molecule is CCC1CCCCN1Cc1ccnc(C(=N)N)c1. The topological polar surface area (TPSA) is 66.0 Å². The number of hydrogen-bond acceptors (Lipinski definition) is 3. The van der Waals surface area contributed by atoms with Crippen LogP contribution in [0.2, 0.25) is 0 Å². The Bertz CT molecular complexity index is 416. The fourth-order valence-corrected chi connectivity index (χ4v) is 2.68. The number of aromatic nitrogens is 1. The molecule has 0 spiro atoms. The first-order valence-electron chi connectivity index (χ1n) is 6.74. The molecule has 1 saturated heterocycles. The van der Waals surface area contributed by atoms with Crippen LogP contribution in [0.15, 0.2) is 18.3 Å². The molecule has 4 nitrogen and oxygen atoms in total. The first kappa shape index (κ1) is 13.0. The van der Waals surface area contributed by atoms with E-state index in [1.165, 1.54) is 37.8 Å². The normalized spacial score (nSPS) is 20.8. The van der Waals surface area contributed by atoms with Crippen molar-refractivity contribution in [1.82, 2.24) is 9.88 Å². The van der Waals surface area contributed by atoms with Crippen LogP contribution >= 0.6 is 0 Å². The van der Waals surface area contributed by atoms with Crippen molar-refractivity contribution in [3.8, 4) is 0 Å². The van der Waals surface area contributed by atoms with Gasteiger partial charge < -0.3 is 5.73 Å². The number of pyridine rings is 1. The van der Waals surface area contributed by atoms with Gasteiger partial charge in [-0.05, 0) is 43.5 Å². The Morgan fingerprint density at radius 2 is 2.39 bits per heavy atom. The molecule has 0 radical (unpaired) electrons. The van der Waals surface area contributed by atoms with E-state index in [9.17, 15) is 0 Å². The van der Waals surface area contributed by atoms with Gasteiger partial charge in [0.15, 0.2) is 0 Å². The third kappa shape index (κ3) is 3.07. The minimum atomic E-state index is 0.0440. The van der Waals surface area contributed by atoms with Gasteiger partial charge in [-0.3, -0.25) is 15.3 Å². The van der Waals surface area contributed by atoms with E-state index in [0.717, 1.165) is 6.54 Å². The van der Waals surface area contributed by atoms with Crippen molar-refractivity contribution >= 4 is 5.84 Å². The molecule has 1 unspecified atom stereocenters. The minimum Gasteiger partial charge on any atom is -0.382 e. The Morgan fingerprint density at radius 3 is 3.11 bits per heavy atom. The quantitative estimate of drug-likeness (QED) is 0.632. The number of nitrogens with zero attached hydrogens (tertiary/aromatic N) is 2. The zero-order valence-corrected chi connectivity index (χ0v) is 11.0. The highest BCUT2D eigenvalue weighted by atomic mass is 15.2. The molecule has 1 fully saturated rings. The fourth-order valence-electron chi connectivity index (χ4n) is 2.68. The summed E-state index contributed by atoms with van der Waals surface area (Å²) in [6, 6.07) is 4.66. The zero-order valence-electron chi connectivity index (χ0n) is 11.0. The van der Waals surface area contributed by atoms with Crippen molar-refractivity contribution in [2.75, 3.05) is 6.54 Å². The standard InChI is InChI=1S/C14H22N4/c1-2-12-5-3-4-8-18(12)10-11-6-7-17-13(9-11)14(15)16/h6-7,9,12H,2-5,8,10H2,1H3,(H3,15,16). The molecule has 4 heteroatoms. The summed E-state index contributed by atoms with van der Waals surface area (Å²) in [4.78, 5) is 6.65. The smallest absolute Gasteiger partial charge is 0.141 e. The van der Waals surface area contributed by atoms with E-state index in [2.05, 4.69) is 16.8 Å². The van der Waals surface area contributed by atoms with Crippen LogP contribution in [0.5, 0.6) is 0 Å². The molecular weight excluding hydrogens is 224 g/mol. The van der Waals surface area contributed by atoms with Crippen LogP contribution in [0.1, 0.15) is 43.9 Å². The Morgan fingerprint density at radius 1 is 1.56 bits per heavy atom. The zero-order chi connectivity index (χ0) is 13.0. The number of amidine groups is 1. The second-order valence-electron chi connectivity index (χ2n) is 4.99. The van der Waals surface area contributed by atoms with E-state index in [-0.39, 0.29) is 5.84 Å². The minimum absolute atomic E-state index is 0.0440. The molecular formula is C14H22N4. The van der Waals surface area contributed by atoms with Gasteiger partial charge in [-0.25, -0.2) is 0 Å². The lowest BCUT2D eigenvalue weighted by Gasteiger charge is -2.35. The molecule has 0 aromatic carbocycles. The van der Waals surface area contributed by atoms with Crippen molar-refractivity contribution in [3.05, 3.63) is 29.6 Å². The van der Waals surface area contributed by atoms with Crippen LogP contribution in [0.25, 0.3) is 0 Å². The number of nitrogens with two attached hydrogens (primary N) is 1. The Labute approximate surface area is 109 Å². The van der Waals surface area contributed by atoms with E-state index >= 15 is 0 Å². The van der Waals surface area contributed by atoms with Gasteiger partial charge in [-0.1, -0.05) is 13.3 Å². The molecule has 0 saturated carbocycles. The number of hydrogen-bond donors (Lipinski definition) is 2. The second-order valence-corrected chi connectivity index (χ2v) is 4.99. The van der Waals surface area contributed by atoms with Crippen molar-refractivity contribution in [2.24, 2.45) is 5.73 Å². The Balaban J connectivity index is 2.07. The number of nitrogens with one attached hydrogen (secondary N) is 1. The van der Waals surface area contributed by atoms with E-state index < -0.39 is 0 Å². The van der Waals surface area contributed by atoms with E-state index in [1.54, 1.807) is 6.20 Å². The van der Waals surface area contributed by atoms with Crippen LogP contribution in [0, 0.1) is 5.41 Å². The lowest BCUT2D eigenvalue weighted by atomic mass is 9.99. The van der Waals surface area contributed by atoms with Gasteiger partial charge in [0.25, 0.3) is 0 Å². The molecule has 1 aromatic heterocycles. The summed E-state index contributed by atoms with van der Waals surface area (Å²) < 4.78 is 0. The first-order valence-corrected chi connectivity index (χ1v) is 6.74. The highest BCUT2D eigenvalue weighted by Gasteiger charge is 2.20. The van der Waals surface area contributed by atoms with Gasteiger partial charge in [0.05, 0.1) is 0 Å². The highest BCUT2D eigenvalue weighted by Crippen LogP contribution is 2.21.